The molecule has 0 spiro atoms. The van der Waals surface area contributed by atoms with Crippen molar-refractivity contribution in [2.45, 2.75) is 18.3 Å². The van der Waals surface area contributed by atoms with E-state index in [1.165, 1.54) is 7.11 Å². The third-order valence-electron chi connectivity index (χ3n) is 4.39. The van der Waals surface area contributed by atoms with Crippen LogP contribution in [-0.2, 0) is 24.5 Å². The number of nitrogens with one attached hydrogen (secondary N) is 1. The smallest absolute Gasteiger partial charge is 0.337 e. The zero-order chi connectivity index (χ0) is 18.6. The van der Waals surface area contributed by atoms with Gasteiger partial charge in [0.15, 0.2) is 6.61 Å². The van der Waals surface area contributed by atoms with Crippen LogP contribution >= 0.6 is 0 Å². The molecule has 0 unspecified atom stereocenters. The Morgan fingerprint density at radius 1 is 1.00 bits per heavy atom. The number of ether oxygens (including phenoxy) is 2. The second kappa shape index (κ2) is 7.39. The van der Waals surface area contributed by atoms with Gasteiger partial charge >= 0.3 is 11.9 Å². The van der Waals surface area contributed by atoms with Crippen LogP contribution in [0.2, 0.25) is 0 Å². The van der Waals surface area contributed by atoms with Crippen molar-refractivity contribution in [3.05, 3.63) is 65.7 Å². The zero-order valence-electron chi connectivity index (χ0n) is 14.4. The van der Waals surface area contributed by atoms with Gasteiger partial charge in [0.1, 0.15) is 0 Å². The summed E-state index contributed by atoms with van der Waals surface area (Å²) in [5, 5.41) is 2.62. The lowest BCUT2D eigenvalue weighted by atomic mass is 9.96. The van der Waals surface area contributed by atoms with E-state index >= 15 is 0 Å². The van der Waals surface area contributed by atoms with Crippen LogP contribution in [0.5, 0.6) is 0 Å². The van der Waals surface area contributed by atoms with Crippen molar-refractivity contribution in [1.82, 2.24) is 0 Å². The highest BCUT2D eigenvalue weighted by Crippen LogP contribution is 2.49. The molecule has 2 aromatic rings. The lowest BCUT2D eigenvalue weighted by Crippen LogP contribution is -2.28. The maximum atomic E-state index is 12.4. The fourth-order valence-electron chi connectivity index (χ4n) is 2.77. The molecule has 0 radical (unpaired) electrons. The maximum absolute atomic E-state index is 12.4. The number of rotatable bonds is 6. The van der Waals surface area contributed by atoms with Crippen molar-refractivity contribution in [3.63, 3.8) is 0 Å². The number of anilines is 1. The Labute approximate surface area is 151 Å². The van der Waals surface area contributed by atoms with Crippen LogP contribution in [0.3, 0.4) is 0 Å². The van der Waals surface area contributed by atoms with Crippen molar-refractivity contribution < 1.29 is 23.9 Å². The molecule has 6 heteroatoms. The Morgan fingerprint density at radius 2 is 1.65 bits per heavy atom. The summed E-state index contributed by atoms with van der Waals surface area (Å²) in [4.78, 5) is 35.8. The molecule has 1 fully saturated rings. The summed E-state index contributed by atoms with van der Waals surface area (Å²) in [6.07, 6.45) is 1.46. The zero-order valence-corrected chi connectivity index (χ0v) is 14.4. The van der Waals surface area contributed by atoms with Gasteiger partial charge in [0, 0.05) is 5.69 Å². The summed E-state index contributed by atoms with van der Waals surface area (Å²) in [6.45, 7) is -0.355. The normalized spacial score (nSPS) is 14.2. The predicted octanol–water partition coefficient (Wildman–Crippen LogP) is 2.69. The molecule has 1 aliphatic rings. The molecule has 1 saturated carbocycles. The van der Waals surface area contributed by atoms with Gasteiger partial charge in [-0.2, -0.15) is 0 Å². The van der Waals surface area contributed by atoms with Gasteiger partial charge in [-0.15, -0.1) is 0 Å². The third kappa shape index (κ3) is 3.74. The highest BCUT2D eigenvalue weighted by Gasteiger charge is 2.52. The quantitative estimate of drug-likeness (QED) is 0.808. The Balaban J connectivity index is 1.53. The molecule has 0 heterocycles. The first kappa shape index (κ1) is 17.7. The molecule has 26 heavy (non-hydrogen) atoms. The number of carbonyl (C=O) groups is 3. The lowest BCUT2D eigenvalue weighted by molar-refractivity contribution is -0.150. The third-order valence-corrected chi connectivity index (χ3v) is 4.39. The van der Waals surface area contributed by atoms with E-state index in [-0.39, 0.29) is 12.6 Å². The van der Waals surface area contributed by atoms with Gasteiger partial charge in [0.25, 0.3) is 5.91 Å². The summed E-state index contributed by atoms with van der Waals surface area (Å²) in [5.41, 5.74) is 1.20. The first-order chi connectivity index (χ1) is 12.5. The van der Waals surface area contributed by atoms with Gasteiger partial charge in [0.2, 0.25) is 0 Å². The summed E-state index contributed by atoms with van der Waals surface area (Å²) in [6, 6.07) is 15.7. The summed E-state index contributed by atoms with van der Waals surface area (Å²) < 4.78 is 9.82. The summed E-state index contributed by atoms with van der Waals surface area (Å²) in [7, 11) is 1.30. The molecule has 1 amide bonds. The Morgan fingerprint density at radius 3 is 2.23 bits per heavy atom. The largest absolute Gasteiger partial charge is 0.465 e. The molecule has 0 aliphatic heterocycles. The number of methoxy groups -OCH3 is 1. The molecule has 0 bridgehead atoms. The number of hydrogen-bond donors (Lipinski definition) is 1. The second-order valence-electron chi connectivity index (χ2n) is 6.14. The number of hydrogen-bond acceptors (Lipinski definition) is 5. The van der Waals surface area contributed by atoms with E-state index in [1.54, 1.807) is 24.3 Å². The molecule has 6 nitrogen and oxygen atoms in total. The van der Waals surface area contributed by atoms with Crippen LogP contribution in [0.25, 0.3) is 0 Å². The van der Waals surface area contributed by atoms with Gasteiger partial charge < -0.3 is 14.8 Å². The fraction of sp³-hybridized carbons (Fsp3) is 0.250. The van der Waals surface area contributed by atoms with Crippen LogP contribution < -0.4 is 5.32 Å². The molecule has 0 saturated heterocycles. The van der Waals surface area contributed by atoms with Crippen molar-refractivity contribution in [3.8, 4) is 0 Å². The average molecular weight is 353 g/mol. The standard InChI is InChI=1S/C20H19NO5/c1-25-18(23)14-7-9-16(10-8-14)21-17(22)13-26-19(24)20(11-12-20)15-5-3-2-4-6-15/h2-10H,11-13H2,1H3,(H,21,22). The van der Waals surface area contributed by atoms with E-state index in [0.717, 1.165) is 18.4 Å². The molecule has 134 valence electrons. The van der Waals surface area contributed by atoms with E-state index in [1.807, 2.05) is 30.3 Å². The fourth-order valence-corrected chi connectivity index (χ4v) is 2.77. The Kier molecular flexibility index (Phi) is 5.02. The SMILES string of the molecule is COC(=O)c1ccc(NC(=O)COC(=O)C2(c3ccccc3)CC2)cc1. The highest BCUT2D eigenvalue weighted by atomic mass is 16.5. The molecule has 1 aliphatic carbocycles. The first-order valence-electron chi connectivity index (χ1n) is 8.26. The Bertz CT molecular complexity index is 810. The van der Waals surface area contributed by atoms with E-state index < -0.39 is 17.3 Å². The number of benzene rings is 2. The first-order valence-corrected chi connectivity index (χ1v) is 8.26. The van der Waals surface area contributed by atoms with Gasteiger partial charge in [-0.3, -0.25) is 9.59 Å². The molecular formula is C20H19NO5. The molecule has 1 N–H and O–H groups in total. The summed E-state index contributed by atoms with van der Waals surface area (Å²) >= 11 is 0. The Hall–Kier alpha value is -3.15. The van der Waals surface area contributed by atoms with E-state index in [9.17, 15) is 14.4 Å². The van der Waals surface area contributed by atoms with Crippen molar-refractivity contribution in [2.75, 3.05) is 19.0 Å². The van der Waals surface area contributed by atoms with Crippen LogP contribution in [0.1, 0.15) is 28.8 Å². The minimum Gasteiger partial charge on any atom is -0.465 e. The topological polar surface area (TPSA) is 81.7 Å². The molecular weight excluding hydrogens is 334 g/mol. The predicted molar refractivity (Wildman–Crippen MR) is 94.7 cm³/mol. The monoisotopic (exact) mass is 353 g/mol. The number of amides is 1. The minimum absolute atomic E-state index is 0.355. The molecule has 2 aromatic carbocycles. The van der Waals surface area contributed by atoms with Gasteiger partial charge in [-0.25, -0.2) is 4.79 Å². The highest BCUT2D eigenvalue weighted by molar-refractivity contribution is 5.95. The van der Waals surface area contributed by atoms with Crippen LogP contribution in [0, 0.1) is 0 Å². The average Bonchev–Trinajstić information content (AvgIpc) is 3.49. The number of carbonyl (C=O) groups excluding carboxylic acids is 3. The maximum Gasteiger partial charge on any atom is 0.337 e. The molecule has 3 rings (SSSR count). The lowest BCUT2D eigenvalue weighted by Gasteiger charge is -2.14. The van der Waals surface area contributed by atoms with Gasteiger partial charge in [-0.05, 0) is 42.7 Å². The van der Waals surface area contributed by atoms with Crippen molar-refractivity contribution in [2.24, 2.45) is 0 Å². The van der Waals surface area contributed by atoms with Crippen LogP contribution in [0.4, 0.5) is 5.69 Å². The van der Waals surface area contributed by atoms with Crippen LogP contribution in [-0.4, -0.2) is 31.6 Å². The second-order valence-corrected chi connectivity index (χ2v) is 6.14. The molecule has 0 aromatic heterocycles. The van der Waals surface area contributed by atoms with E-state index in [0.29, 0.717) is 11.3 Å². The summed E-state index contributed by atoms with van der Waals surface area (Å²) in [5.74, 6) is -1.26. The minimum atomic E-state index is -0.607. The molecule has 0 atom stereocenters. The van der Waals surface area contributed by atoms with E-state index in [4.69, 9.17) is 4.74 Å². The van der Waals surface area contributed by atoms with Crippen molar-refractivity contribution in [1.29, 1.82) is 0 Å². The van der Waals surface area contributed by atoms with Gasteiger partial charge in [0.05, 0.1) is 18.1 Å². The van der Waals surface area contributed by atoms with E-state index in [2.05, 4.69) is 10.1 Å². The van der Waals surface area contributed by atoms with Gasteiger partial charge in [-0.1, -0.05) is 30.3 Å². The van der Waals surface area contributed by atoms with Crippen molar-refractivity contribution >= 4 is 23.5 Å². The van der Waals surface area contributed by atoms with Crippen LogP contribution in [0.15, 0.2) is 54.6 Å². The number of esters is 2.